The topological polar surface area (TPSA) is 97.6 Å². The highest BCUT2D eigenvalue weighted by molar-refractivity contribution is 6.14. The van der Waals surface area contributed by atoms with Gasteiger partial charge in [0.05, 0.1) is 28.7 Å². The Balaban J connectivity index is 1.72. The van der Waals surface area contributed by atoms with E-state index < -0.39 is 11.7 Å². The Labute approximate surface area is 177 Å². The van der Waals surface area contributed by atoms with Crippen LogP contribution in [0.4, 0.5) is 24.8 Å². The van der Waals surface area contributed by atoms with Gasteiger partial charge in [0.1, 0.15) is 0 Å². The van der Waals surface area contributed by atoms with Crippen LogP contribution in [0.3, 0.4) is 0 Å². The van der Waals surface area contributed by atoms with Crippen molar-refractivity contribution in [3.63, 3.8) is 0 Å². The Bertz CT molecular complexity index is 977. The molecule has 3 rings (SSSR count). The highest BCUT2D eigenvalue weighted by atomic mass is 19.4. The minimum atomic E-state index is -4.49. The van der Waals surface area contributed by atoms with Crippen LogP contribution in [0.5, 0.6) is 0 Å². The molecule has 2 heterocycles. The van der Waals surface area contributed by atoms with Crippen LogP contribution in [0.1, 0.15) is 28.0 Å². The predicted molar refractivity (Wildman–Crippen MR) is 112 cm³/mol. The molecule has 164 valence electrons. The van der Waals surface area contributed by atoms with Crippen molar-refractivity contribution in [2.24, 2.45) is 5.10 Å². The van der Waals surface area contributed by atoms with Crippen molar-refractivity contribution < 1.29 is 18.0 Å². The number of amides is 1. The number of nitrogens with one attached hydrogen (secondary N) is 2. The van der Waals surface area contributed by atoms with Crippen LogP contribution in [0.15, 0.2) is 35.6 Å². The zero-order valence-electron chi connectivity index (χ0n) is 16.9. The van der Waals surface area contributed by atoms with Crippen LogP contribution in [-0.4, -0.2) is 59.4 Å². The van der Waals surface area contributed by atoms with Gasteiger partial charge in [-0.3, -0.25) is 10.2 Å². The quantitative estimate of drug-likeness (QED) is 0.558. The highest BCUT2D eigenvalue weighted by Gasteiger charge is 2.34. The lowest BCUT2D eigenvalue weighted by Crippen LogP contribution is -2.36. The zero-order chi connectivity index (χ0) is 22.4. The van der Waals surface area contributed by atoms with Gasteiger partial charge >= 0.3 is 6.18 Å². The summed E-state index contributed by atoms with van der Waals surface area (Å²) < 4.78 is 38.9. The van der Waals surface area contributed by atoms with Crippen molar-refractivity contribution in [3.05, 3.63) is 47.3 Å². The van der Waals surface area contributed by atoms with Crippen molar-refractivity contribution >= 4 is 30.0 Å². The third-order valence-corrected chi connectivity index (χ3v) is 4.83. The molecule has 1 aliphatic rings. The van der Waals surface area contributed by atoms with E-state index in [-0.39, 0.29) is 17.5 Å². The smallest absolute Gasteiger partial charge is 0.339 e. The van der Waals surface area contributed by atoms with Crippen LogP contribution in [-0.2, 0) is 6.18 Å². The molecular weight excluding hydrogens is 411 g/mol. The number of hydrogen-bond donors (Lipinski definition) is 2. The first-order valence-electron chi connectivity index (χ1n) is 9.63. The van der Waals surface area contributed by atoms with Crippen LogP contribution in [0.25, 0.3) is 0 Å². The molecular formula is C20H22F3N7O. The number of nitrogens with zero attached hydrogens (tertiary/aromatic N) is 5. The van der Waals surface area contributed by atoms with Crippen LogP contribution in [0, 0.1) is 12.3 Å². The Morgan fingerprint density at radius 3 is 2.71 bits per heavy atom. The molecule has 1 aromatic carbocycles. The summed E-state index contributed by atoms with van der Waals surface area (Å²) >= 11 is 0. The Hall–Kier alpha value is -3.50. The molecule has 2 aromatic rings. The van der Waals surface area contributed by atoms with Gasteiger partial charge in [-0.05, 0) is 25.5 Å². The molecule has 0 spiro atoms. The van der Waals surface area contributed by atoms with E-state index in [1.54, 1.807) is 34.1 Å². The van der Waals surface area contributed by atoms with E-state index in [1.165, 1.54) is 13.1 Å². The summed E-state index contributed by atoms with van der Waals surface area (Å²) in [6.07, 6.45) is -0.781. The second kappa shape index (κ2) is 9.54. The van der Waals surface area contributed by atoms with Gasteiger partial charge in [0.25, 0.3) is 5.91 Å². The molecule has 1 saturated heterocycles. The minimum absolute atomic E-state index is 0.125. The SMILES string of the molecule is Cc1nc(N2CCCN(C(=O)c3ccccc3N/N=C\C=N)CC2)ncc1C(F)(F)F. The van der Waals surface area contributed by atoms with Gasteiger partial charge in [-0.15, -0.1) is 0 Å². The van der Waals surface area contributed by atoms with Crippen molar-refractivity contribution in [1.82, 2.24) is 14.9 Å². The second-order valence-corrected chi connectivity index (χ2v) is 6.90. The van der Waals surface area contributed by atoms with Gasteiger partial charge in [-0.1, -0.05) is 12.1 Å². The first kappa shape index (κ1) is 22.2. The molecule has 1 aromatic heterocycles. The third-order valence-electron chi connectivity index (χ3n) is 4.83. The molecule has 0 saturated carbocycles. The zero-order valence-corrected chi connectivity index (χ0v) is 16.9. The van der Waals surface area contributed by atoms with Crippen LogP contribution < -0.4 is 10.3 Å². The summed E-state index contributed by atoms with van der Waals surface area (Å²) in [5.41, 5.74) is 2.75. The molecule has 31 heavy (non-hydrogen) atoms. The lowest BCUT2D eigenvalue weighted by atomic mass is 10.1. The Morgan fingerprint density at radius 1 is 1.23 bits per heavy atom. The van der Waals surface area contributed by atoms with E-state index in [0.29, 0.717) is 43.9 Å². The fourth-order valence-corrected chi connectivity index (χ4v) is 3.29. The van der Waals surface area contributed by atoms with E-state index in [0.717, 1.165) is 12.4 Å². The van der Waals surface area contributed by atoms with E-state index in [1.807, 2.05) is 0 Å². The molecule has 8 nitrogen and oxygen atoms in total. The van der Waals surface area contributed by atoms with Gasteiger partial charge < -0.3 is 15.2 Å². The standard InChI is InChI=1S/C20H22F3N7O/c1-14-16(20(21,22)23)13-25-19(27-14)30-10-4-9-29(11-12-30)18(31)15-5-2-3-6-17(15)28-26-8-7-24/h2-3,5-8,13,24,28H,4,9-12H2,1H3/b24-7?,26-8-. The molecule has 0 atom stereocenters. The fraction of sp³-hybridized carbons (Fsp3) is 0.350. The van der Waals surface area contributed by atoms with Crippen molar-refractivity contribution in [3.8, 4) is 0 Å². The van der Waals surface area contributed by atoms with Crippen molar-refractivity contribution in [2.45, 2.75) is 19.5 Å². The summed E-state index contributed by atoms with van der Waals surface area (Å²) in [7, 11) is 0. The molecule has 11 heteroatoms. The number of halogens is 3. The summed E-state index contributed by atoms with van der Waals surface area (Å²) in [5, 5.41) is 10.8. The monoisotopic (exact) mass is 433 g/mol. The summed E-state index contributed by atoms with van der Waals surface area (Å²) in [5.74, 6) is 0.0439. The maximum absolute atomic E-state index is 13.1. The van der Waals surface area contributed by atoms with Gasteiger partial charge in [-0.25, -0.2) is 9.97 Å². The molecule has 0 bridgehead atoms. The number of carbonyl (C=O) groups excluding carboxylic acids is 1. The van der Waals surface area contributed by atoms with Gasteiger partial charge in [0.15, 0.2) is 0 Å². The Kier molecular flexibility index (Phi) is 6.83. The number of para-hydroxylation sites is 1. The van der Waals surface area contributed by atoms with Crippen molar-refractivity contribution in [1.29, 1.82) is 5.41 Å². The molecule has 1 fully saturated rings. The van der Waals surface area contributed by atoms with Gasteiger partial charge in [0, 0.05) is 38.6 Å². The normalized spacial score (nSPS) is 15.1. The summed E-state index contributed by atoms with van der Waals surface area (Å²) in [6, 6.07) is 6.93. The molecule has 0 unspecified atom stereocenters. The Morgan fingerprint density at radius 2 is 2.00 bits per heavy atom. The number of hydrazone groups is 1. The maximum Gasteiger partial charge on any atom is 0.419 e. The molecule has 0 aliphatic carbocycles. The lowest BCUT2D eigenvalue weighted by molar-refractivity contribution is -0.138. The molecule has 1 amide bonds. The van der Waals surface area contributed by atoms with E-state index in [2.05, 4.69) is 20.5 Å². The number of carbonyl (C=O) groups is 1. The minimum Gasteiger partial charge on any atom is -0.339 e. The first-order chi connectivity index (χ1) is 14.8. The average Bonchev–Trinajstić information content (AvgIpc) is 2.99. The second-order valence-electron chi connectivity index (χ2n) is 6.90. The van der Waals surface area contributed by atoms with E-state index in [9.17, 15) is 18.0 Å². The molecule has 0 radical (unpaired) electrons. The summed E-state index contributed by atoms with van der Waals surface area (Å²) in [6.45, 7) is 3.11. The fourth-order valence-electron chi connectivity index (χ4n) is 3.29. The predicted octanol–water partition coefficient (Wildman–Crippen LogP) is 3.20. The number of rotatable bonds is 5. The van der Waals surface area contributed by atoms with E-state index >= 15 is 0 Å². The molecule has 2 N–H and O–H groups in total. The number of benzene rings is 1. The van der Waals surface area contributed by atoms with Gasteiger partial charge in [0.2, 0.25) is 5.95 Å². The lowest BCUT2D eigenvalue weighted by Gasteiger charge is -2.23. The number of hydrogen-bond acceptors (Lipinski definition) is 7. The number of aryl methyl sites for hydroxylation is 1. The van der Waals surface area contributed by atoms with E-state index in [4.69, 9.17) is 5.41 Å². The highest BCUT2D eigenvalue weighted by Crippen LogP contribution is 2.31. The number of alkyl halides is 3. The van der Waals surface area contributed by atoms with Crippen LogP contribution >= 0.6 is 0 Å². The number of aromatic nitrogens is 2. The first-order valence-corrected chi connectivity index (χ1v) is 9.63. The van der Waals surface area contributed by atoms with Crippen LogP contribution in [0.2, 0.25) is 0 Å². The average molecular weight is 433 g/mol. The van der Waals surface area contributed by atoms with Crippen molar-refractivity contribution in [2.75, 3.05) is 36.5 Å². The largest absolute Gasteiger partial charge is 0.419 e. The third kappa shape index (κ3) is 5.36. The number of anilines is 2. The summed E-state index contributed by atoms with van der Waals surface area (Å²) in [4.78, 5) is 24.5. The maximum atomic E-state index is 13.1. The molecule has 1 aliphatic heterocycles. The van der Waals surface area contributed by atoms with Gasteiger partial charge in [-0.2, -0.15) is 18.3 Å².